The Kier molecular flexibility index (Phi) is 6.27. The van der Waals surface area contributed by atoms with Crippen LogP contribution in [0, 0.1) is 6.92 Å². The summed E-state index contributed by atoms with van der Waals surface area (Å²) in [5.74, 6) is -0.744. The predicted molar refractivity (Wildman–Crippen MR) is 115 cm³/mol. The Morgan fingerprint density at radius 2 is 1.77 bits per heavy atom. The van der Waals surface area contributed by atoms with Crippen LogP contribution in [0.4, 0.5) is 17.1 Å². The summed E-state index contributed by atoms with van der Waals surface area (Å²) in [5, 5.41) is 20.0. The van der Waals surface area contributed by atoms with Crippen molar-refractivity contribution in [1.29, 1.82) is 0 Å². The number of hydrogen-bond acceptors (Lipinski definition) is 9. The Morgan fingerprint density at radius 3 is 2.48 bits per heavy atom. The fourth-order valence-corrected chi connectivity index (χ4v) is 4.40. The summed E-state index contributed by atoms with van der Waals surface area (Å²) >= 11 is 0. The molecule has 3 rings (SSSR count). The molecule has 164 valence electrons. The summed E-state index contributed by atoms with van der Waals surface area (Å²) < 4.78 is 58.4. The van der Waals surface area contributed by atoms with E-state index in [1.54, 1.807) is 31.2 Å². The Balaban J connectivity index is 1.88. The lowest BCUT2D eigenvalue weighted by molar-refractivity contribution is 0.284. The Labute approximate surface area is 178 Å². The van der Waals surface area contributed by atoms with Gasteiger partial charge in [0.25, 0.3) is 0 Å². The van der Waals surface area contributed by atoms with Crippen molar-refractivity contribution < 1.29 is 30.7 Å². The Hall–Kier alpha value is -3.06. The van der Waals surface area contributed by atoms with Gasteiger partial charge in [-0.1, -0.05) is 6.07 Å². The molecule has 3 aromatic rings. The molecular formula is C19H19N3O7S2. The number of phenols is 1. The summed E-state index contributed by atoms with van der Waals surface area (Å²) in [6.07, 6.45) is 0. The van der Waals surface area contributed by atoms with Gasteiger partial charge in [0.15, 0.2) is 15.6 Å². The topological polar surface area (TPSA) is 169 Å². The minimum atomic E-state index is -4.73. The van der Waals surface area contributed by atoms with E-state index in [0.29, 0.717) is 16.6 Å². The normalized spacial score (nSPS) is 12.6. The van der Waals surface area contributed by atoms with Gasteiger partial charge in [-0.2, -0.15) is 13.5 Å². The van der Waals surface area contributed by atoms with Crippen molar-refractivity contribution in [2.24, 2.45) is 10.2 Å². The summed E-state index contributed by atoms with van der Waals surface area (Å²) in [6, 6.07) is 12.4. The summed E-state index contributed by atoms with van der Waals surface area (Å²) in [6.45, 7) is 1.01. The first-order valence-electron chi connectivity index (χ1n) is 8.84. The number of azo groups is 1. The molecule has 4 N–H and O–H groups in total. The van der Waals surface area contributed by atoms with Gasteiger partial charge in [-0.05, 0) is 60.3 Å². The predicted octanol–water partition coefficient (Wildman–Crippen LogP) is 3.44. The second-order valence-electron chi connectivity index (χ2n) is 6.64. The van der Waals surface area contributed by atoms with Crippen LogP contribution < -0.4 is 5.73 Å². The number of phenolic OH excluding ortho intramolecular Hbond substituents is 1. The van der Waals surface area contributed by atoms with Crippen LogP contribution >= 0.6 is 0 Å². The molecule has 0 saturated heterocycles. The SMILES string of the molecule is Cc1cc2cc(N)ccc2c(O)c1N=Nc1cccc(S(=O)(=O)CCOS(=O)(=O)O)c1. The maximum Gasteiger partial charge on any atom is 0.397 e. The quantitative estimate of drug-likeness (QED) is 0.271. The fraction of sp³-hybridized carbons (Fsp3) is 0.158. The van der Waals surface area contributed by atoms with Gasteiger partial charge in [0, 0.05) is 11.1 Å². The highest BCUT2D eigenvalue weighted by molar-refractivity contribution is 7.91. The first-order chi connectivity index (χ1) is 14.5. The largest absolute Gasteiger partial charge is 0.505 e. The number of rotatable bonds is 7. The molecule has 0 bridgehead atoms. The van der Waals surface area contributed by atoms with Gasteiger partial charge in [-0.15, -0.1) is 5.11 Å². The first-order valence-corrected chi connectivity index (χ1v) is 11.9. The lowest BCUT2D eigenvalue weighted by atomic mass is 10.0. The zero-order valence-electron chi connectivity index (χ0n) is 16.3. The van der Waals surface area contributed by atoms with Crippen LogP contribution in [0.15, 0.2) is 63.7 Å². The zero-order chi connectivity index (χ0) is 22.8. The highest BCUT2D eigenvalue weighted by Crippen LogP contribution is 2.39. The average molecular weight is 466 g/mol. The molecule has 0 fully saturated rings. The summed E-state index contributed by atoms with van der Waals surface area (Å²) in [5.41, 5.74) is 7.41. The molecule has 0 heterocycles. The van der Waals surface area contributed by atoms with Crippen LogP contribution in [-0.4, -0.2) is 38.9 Å². The number of nitrogens with zero attached hydrogens (tertiary/aromatic N) is 2. The highest BCUT2D eigenvalue weighted by Gasteiger charge is 2.17. The average Bonchev–Trinajstić information content (AvgIpc) is 2.66. The van der Waals surface area contributed by atoms with Crippen LogP contribution in [0.2, 0.25) is 0 Å². The third kappa shape index (κ3) is 5.55. The van der Waals surface area contributed by atoms with Gasteiger partial charge in [-0.25, -0.2) is 12.6 Å². The first kappa shape index (κ1) is 22.6. The molecule has 3 aromatic carbocycles. The molecule has 0 aliphatic carbocycles. The van der Waals surface area contributed by atoms with Gasteiger partial charge >= 0.3 is 10.4 Å². The van der Waals surface area contributed by atoms with E-state index >= 15 is 0 Å². The minimum absolute atomic E-state index is 0.0788. The number of nitrogens with two attached hydrogens (primary N) is 1. The molecule has 10 nitrogen and oxygen atoms in total. The molecule has 0 unspecified atom stereocenters. The van der Waals surface area contributed by atoms with Gasteiger partial charge < -0.3 is 10.8 Å². The van der Waals surface area contributed by atoms with Gasteiger partial charge in [-0.3, -0.25) is 4.55 Å². The lowest BCUT2D eigenvalue weighted by Gasteiger charge is -2.08. The summed E-state index contributed by atoms with van der Waals surface area (Å²) in [7, 11) is -8.63. The smallest absolute Gasteiger partial charge is 0.397 e. The molecular weight excluding hydrogens is 446 g/mol. The van der Waals surface area contributed by atoms with Crippen LogP contribution in [0.1, 0.15) is 5.56 Å². The van der Waals surface area contributed by atoms with E-state index in [4.69, 9.17) is 10.3 Å². The fourth-order valence-electron chi connectivity index (χ4n) is 2.87. The van der Waals surface area contributed by atoms with E-state index in [1.807, 2.05) is 0 Å². The Morgan fingerprint density at radius 1 is 1.03 bits per heavy atom. The van der Waals surface area contributed by atoms with Crippen LogP contribution in [-0.2, 0) is 24.4 Å². The van der Waals surface area contributed by atoms with E-state index in [2.05, 4.69) is 14.4 Å². The molecule has 0 atom stereocenters. The van der Waals surface area contributed by atoms with Crippen LogP contribution in [0.5, 0.6) is 5.75 Å². The number of fused-ring (bicyclic) bond motifs is 1. The van der Waals surface area contributed by atoms with Crippen LogP contribution in [0.3, 0.4) is 0 Å². The van der Waals surface area contributed by atoms with Crippen molar-refractivity contribution in [2.45, 2.75) is 11.8 Å². The van der Waals surface area contributed by atoms with Crippen molar-refractivity contribution in [2.75, 3.05) is 18.1 Å². The number of benzene rings is 3. The highest BCUT2D eigenvalue weighted by atomic mass is 32.3. The number of aromatic hydroxyl groups is 1. The molecule has 0 amide bonds. The second kappa shape index (κ2) is 8.59. The molecule has 12 heteroatoms. The zero-order valence-corrected chi connectivity index (χ0v) is 17.9. The molecule has 0 radical (unpaired) electrons. The third-order valence-electron chi connectivity index (χ3n) is 4.33. The van der Waals surface area contributed by atoms with Crippen molar-refractivity contribution in [3.63, 3.8) is 0 Å². The molecule has 31 heavy (non-hydrogen) atoms. The molecule has 0 aliphatic heterocycles. The Bertz CT molecular complexity index is 1390. The monoisotopic (exact) mass is 465 g/mol. The number of anilines is 1. The van der Waals surface area contributed by atoms with Gasteiger partial charge in [0.1, 0.15) is 5.69 Å². The standard InChI is InChI=1S/C19H19N3O7S2/c1-12-9-13-10-14(20)5-6-17(13)19(23)18(12)22-21-15-3-2-4-16(11-15)30(24,25)8-7-29-31(26,27)28/h2-6,9-11,23H,7-8,20H2,1H3,(H,26,27,28). The van der Waals surface area contributed by atoms with E-state index in [0.717, 1.165) is 5.39 Å². The van der Waals surface area contributed by atoms with E-state index in [-0.39, 0.29) is 22.0 Å². The number of nitrogen functional groups attached to an aromatic ring is 1. The maximum atomic E-state index is 12.3. The van der Waals surface area contributed by atoms with E-state index in [9.17, 15) is 21.9 Å². The van der Waals surface area contributed by atoms with Crippen molar-refractivity contribution in [1.82, 2.24) is 0 Å². The number of hydrogen-bond donors (Lipinski definition) is 3. The van der Waals surface area contributed by atoms with Crippen LogP contribution in [0.25, 0.3) is 10.8 Å². The van der Waals surface area contributed by atoms with Crippen molar-refractivity contribution in [3.05, 3.63) is 54.1 Å². The number of aryl methyl sites for hydroxylation is 1. The van der Waals surface area contributed by atoms with E-state index < -0.39 is 32.6 Å². The maximum absolute atomic E-state index is 12.3. The van der Waals surface area contributed by atoms with Crippen molar-refractivity contribution in [3.8, 4) is 5.75 Å². The van der Waals surface area contributed by atoms with E-state index in [1.165, 1.54) is 24.3 Å². The molecule has 0 aliphatic rings. The number of sulfone groups is 1. The van der Waals surface area contributed by atoms with Crippen molar-refractivity contribution >= 4 is 48.1 Å². The minimum Gasteiger partial charge on any atom is -0.505 e. The van der Waals surface area contributed by atoms with Gasteiger partial charge in [0.05, 0.1) is 22.9 Å². The molecule has 0 spiro atoms. The summed E-state index contributed by atoms with van der Waals surface area (Å²) in [4.78, 5) is -0.127. The van der Waals surface area contributed by atoms with Gasteiger partial charge in [0.2, 0.25) is 0 Å². The lowest BCUT2D eigenvalue weighted by Crippen LogP contribution is -2.15. The molecule has 0 aromatic heterocycles. The molecule has 0 saturated carbocycles. The third-order valence-corrected chi connectivity index (χ3v) is 6.47. The second-order valence-corrected chi connectivity index (χ2v) is 9.84.